The van der Waals surface area contributed by atoms with Crippen LogP contribution >= 0.6 is 0 Å². The predicted molar refractivity (Wildman–Crippen MR) is 52.4 cm³/mol. The van der Waals surface area contributed by atoms with Crippen LogP contribution in [0.15, 0.2) is 0 Å². The van der Waals surface area contributed by atoms with Crippen LogP contribution in [0.5, 0.6) is 0 Å². The molecular weight excluding hydrogens is 701 g/mol. The van der Waals surface area contributed by atoms with Crippen molar-refractivity contribution in [2.75, 3.05) is 0 Å². The Morgan fingerprint density at radius 2 is 0.345 bits per heavy atom. The zero-order valence-electron chi connectivity index (χ0n) is 11.7. The summed E-state index contributed by atoms with van der Waals surface area (Å²) in [5.74, 6) is 0. The molecule has 0 heterocycles. The molecule has 0 spiro atoms. The molecule has 0 rings (SSSR count). The van der Waals surface area contributed by atoms with Crippen molar-refractivity contribution in [1.29, 1.82) is 0 Å². The van der Waals surface area contributed by atoms with Gasteiger partial charge in [-0.3, -0.25) is 42.1 Å². The van der Waals surface area contributed by atoms with E-state index < -0.39 is 52.0 Å². The number of hydrogen-bond acceptors (Lipinski definition) is 20. The minimum Gasteiger partial charge on any atom is -0.759 e. The molecule has 0 aliphatic rings. The Kier molecular flexibility index (Phi) is 48.0. The van der Waals surface area contributed by atoms with Gasteiger partial charge in [0.25, 0.3) is 0 Å². The fraction of sp³-hybridized carbons (Fsp3) is 0. The summed E-state index contributed by atoms with van der Waals surface area (Å²) < 4.78 is 170. The molecule has 20 nitrogen and oxygen atoms in total. The normalized spacial score (nSPS) is 10.0. The smallest absolute Gasteiger partial charge is 0.759 e. The first kappa shape index (κ1) is 57.5. The van der Waals surface area contributed by atoms with Gasteiger partial charge in [-0.05, 0) is 0 Å². The standard InChI is InChI=1S/Co.Mn.Ni.5H2O4S.Ti/c;;;5*1-5(2,3)4;/h;;;5*(H2,1,2,3,4);/q3*+2;;;;;;+4/p-10. The summed E-state index contributed by atoms with van der Waals surface area (Å²) in [6, 6.07) is 0. The van der Waals surface area contributed by atoms with Crippen LogP contribution in [0, 0.1) is 0 Å². The molecule has 29 heavy (non-hydrogen) atoms. The fourth-order valence-electron chi connectivity index (χ4n) is 0. The summed E-state index contributed by atoms with van der Waals surface area (Å²) in [6.07, 6.45) is 0. The van der Waals surface area contributed by atoms with Gasteiger partial charge in [0.05, 0.1) is 0 Å². The first-order valence-electron chi connectivity index (χ1n) is 3.33. The van der Waals surface area contributed by atoms with Crippen LogP contribution in [0.1, 0.15) is 0 Å². The molecule has 0 aromatic heterocycles. The van der Waals surface area contributed by atoms with E-state index in [1.807, 2.05) is 0 Å². The van der Waals surface area contributed by atoms with Crippen molar-refractivity contribution in [3.63, 3.8) is 0 Å². The van der Waals surface area contributed by atoms with E-state index in [9.17, 15) is 0 Å². The van der Waals surface area contributed by atoms with Crippen LogP contribution in [0.2, 0.25) is 0 Å². The Hall–Kier alpha value is 1.58. The van der Waals surface area contributed by atoms with Gasteiger partial charge in [0.1, 0.15) is 0 Å². The molecule has 0 unspecified atom stereocenters. The Morgan fingerprint density at radius 1 is 0.345 bits per heavy atom. The second-order valence-corrected chi connectivity index (χ2v) is 6.12. The third-order valence-electron chi connectivity index (χ3n) is 0. The molecule has 0 bridgehead atoms. The van der Waals surface area contributed by atoms with Gasteiger partial charge in [0.2, 0.25) is 0 Å². The minimum atomic E-state index is -5.17. The summed E-state index contributed by atoms with van der Waals surface area (Å²) in [4.78, 5) is 0. The molecule has 0 amide bonds. The first-order valence-corrected chi connectivity index (χ1v) is 10.0. The molecule has 0 N–H and O–H groups in total. The van der Waals surface area contributed by atoms with Crippen LogP contribution in [0.25, 0.3) is 0 Å². The van der Waals surface area contributed by atoms with E-state index in [2.05, 4.69) is 0 Å². The summed E-state index contributed by atoms with van der Waals surface area (Å²) >= 11 is 0. The van der Waals surface area contributed by atoms with E-state index in [-0.39, 0.29) is 72.1 Å². The summed E-state index contributed by atoms with van der Waals surface area (Å²) in [5, 5.41) is 0. The van der Waals surface area contributed by atoms with E-state index in [0.29, 0.717) is 0 Å². The van der Waals surface area contributed by atoms with E-state index in [4.69, 9.17) is 87.6 Å². The molecule has 0 saturated carbocycles. The van der Waals surface area contributed by atoms with Crippen LogP contribution in [0.4, 0.5) is 0 Å². The Labute approximate surface area is 210 Å². The largest absolute Gasteiger partial charge is 4.00 e. The van der Waals surface area contributed by atoms with Gasteiger partial charge in [-0.15, -0.1) is 0 Å². The maximum absolute atomic E-state index is 8.52. The maximum atomic E-state index is 8.52. The van der Waals surface area contributed by atoms with Crippen LogP contribution in [0.3, 0.4) is 0 Å². The van der Waals surface area contributed by atoms with Crippen molar-refractivity contribution in [2.24, 2.45) is 0 Å². The predicted octanol–water partition coefficient (Wildman–Crippen LogP) is -6.70. The number of hydrogen-bond donors (Lipinski definition) is 0. The quantitative estimate of drug-likeness (QED) is 0.129. The molecule has 0 aliphatic carbocycles. The second-order valence-electron chi connectivity index (χ2n) is 2.04. The molecule has 0 aromatic carbocycles. The zero-order chi connectivity index (χ0) is 22.5. The van der Waals surface area contributed by atoms with Crippen LogP contribution in [-0.2, 0) is 124 Å². The van der Waals surface area contributed by atoms with Crippen molar-refractivity contribution < 1.29 is 160 Å². The first-order chi connectivity index (χ1) is 10.0. The summed E-state index contributed by atoms with van der Waals surface area (Å²) in [6.45, 7) is 0. The Bertz CT molecular complexity index is 633. The van der Waals surface area contributed by atoms with Crippen molar-refractivity contribution in [2.45, 2.75) is 0 Å². The van der Waals surface area contributed by atoms with Crippen molar-refractivity contribution in [1.82, 2.24) is 0 Å². The van der Waals surface area contributed by atoms with Crippen molar-refractivity contribution in [3.05, 3.63) is 0 Å². The average Bonchev–Trinajstić information content (AvgIpc) is 1.79. The van der Waals surface area contributed by atoms with Crippen LogP contribution < -0.4 is 0 Å². The Balaban J connectivity index is -0.0000000238. The monoisotopic (exact) mass is 700 g/mol. The molecule has 0 saturated heterocycles. The Morgan fingerprint density at radius 3 is 0.345 bits per heavy atom. The molecule has 0 atom stereocenters. The molecule has 0 aromatic rings. The van der Waals surface area contributed by atoms with Gasteiger partial charge in [0, 0.05) is 52.0 Å². The van der Waals surface area contributed by atoms with E-state index in [0.717, 1.165) is 0 Å². The minimum absolute atomic E-state index is 0. The van der Waals surface area contributed by atoms with E-state index in [1.165, 1.54) is 0 Å². The molecular formula is CoMnNiO20S5Ti. The van der Waals surface area contributed by atoms with Gasteiger partial charge in [-0.25, -0.2) is 0 Å². The molecule has 29 heteroatoms. The van der Waals surface area contributed by atoms with Gasteiger partial charge < -0.3 is 45.5 Å². The second kappa shape index (κ2) is 24.2. The van der Waals surface area contributed by atoms with Gasteiger partial charge >= 0.3 is 72.1 Å². The summed E-state index contributed by atoms with van der Waals surface area (Å²) in [7, 11) is -25.8. The van der Waals surface area contributed by atoms with Crippen molar-refractivity contribution >= 4 is 52.0 Å². The average molecular weight is 701 g/mol. The zero-order valence-corrected chi connectivity index (χ0v) is 20.6. The number of rotatable bonds is 0. The third kappa shape index (κ3) is 8970. The topological polar surface area (TPSA) is 401 Å². The van der Waals surface area contributed by atoms with Gasteiger partial charge in [0.15, 0.2) is 0 Å². The van der Waals surface area contributed by atoms with Crippen LogP contribution in [-0.4, -0.2) is 87.6 Å². The fourth-order valence-corrected chi connectivity index (χ4v) is 0. The SMILES string of the molecule is O=S(=O)([O-])[O-].O=S(=O)([O-])[O-].O=S(=O)([O-])[O-].O=S(=O)([O-])[O-].O=S(=O)([O-])[O-].[Co+2].[Mn+2].[Ni+2].[Ti+4]. The van der Waals surface area contributed by atoms with E-state index in [1.54, 1.807) is 0 Å². The maximum Gasteiger partial charge on any atom is 4.00 e. The van der Waals surface area contributed by atoms with E-state index >= 15 is 0 Å². The molecule has 2 radical (unpaired) electrons. The molecule has 0 aliphatic heterocycles. The van der Waals surface area contributed by atoms with Gasteiger partial charge in [-0.1, -0.05) is 0 Å². The third-order valence-corrected chi connectivity index (χ3v) is 0. The van der Waals surface area contributed by atoms with Gasteiger partial charge in [-0.2, -0.15) is 0 Å². The molecule has 180 valence electrons. The molecule has 0 fully saturated rings. The van der Waals surface area contributed by atoms with Crippen molar-refractivity contribution in [3.8, 4) is 0 Å². The summed E-state index contributed by atoms with van der Waals surface area (Å²) in [5.41, 5.74) is 0.